The Morgan fingerprint density at radius 1 is 0.735 bits per heavy atom. The predicted molar refractivity (Wildman–Crippen MR) is 130 cm³/mol. The van der Waals surface area contributed by atoms with Crippen LogP contribution in [0.1, 0.15) is 49.2 Å². The molecule has 0 saturated heterocycles. The molecule has 1 heterocycles. The van der Waals surface area contributed by atoms with Crippen molar-refractivity contribution in [3.8, 4) is 40.2 Å². The molecular formula is C27H32O7. The van der Waals surface area contributed by atoms with Gasteiger partial charge in [-0.05, 0) is 40.5 Å². The number of carbonyl (C=O) groups is 1. The smallest absolute Gasteiger partial charge is 0.351 e. The number of allylic oxidation sites excluding steroid dienone is 4. The monoisotopic (exact) mass is 468 g/mol. The Balaban J connectivity index is 2.27. The van der Waals surface area contributed by atoms with Gasteiger partial charge in [0.1, 0.15) is 22.8 Å². The molecule has 0 aliphatic carbocycles. The van der Waals surface area contributed by atoms with Crippen LogP contribution < -0.4 is 28.4 Å². The molecule has 0 radical (unpaired) electrons. The maximum absolute atomic E-state index is 13.5. The van der Waals surface area contributed by atoms with Crippen LogP contribution in [0.25, 0.3) is 0 Å². The lowest BCUT2D eigenvalue weighted by atomic mass is 10.0. The fourth-order valence-corrected chi connectivity index (χ4v) is 3.80. The van der Waals surface area contributed by atoms with E-state index in [1.165, 1.54) is 7.11 Å². The van der Waals surface area contributed by atoms with Crippen LogP contribution in [0, 0.1) is 0 Å². The van der Waals surface area contributed by atoms with Crippen molar-refractivity contribution >= 4 is 5.97 Å². The Labute approximate surface area is 200 Å². The number of hydrogen-bond acceptors (Lipinski definition) is 7. The number of rotatable bonds is 8. The van der Waals surface area contributed by atoms with Crippen LogP contribution >= 0.6 is 0 Å². The minimum atomic E-state index is -0.586. The zero-order valence-electron chi connectivity index (χ0n) is 21.1. The minimum absolute atomic E-state index is 0.197. The summed E-state index contributed by atoms with van der Waals surface area (Å²) in [4.78, 5) is 13.5. The first-order valence-electron chi connectivity index (χ1n) is 11.0. The molecule has 7 heteroatoms. The molecule has 34 heavy (non-hydrogen) atoms. The molecule has 0 fully saturated rings. The second-order valence-corrected chi connectivity index (χ2v) is 8.34. The van der Waals surface area contributed by atoms with Crippen LogP contribution in [0.2, 0.25) is 0 Å². The summed E-state index contributed by atoms with van der Waals surface area (Å²) in [6.07, 6.45) is 5.04. The van der Waals surface area contributed by atoms with E-state index in [2.05, 4.69) is 0 Å². The third-order valence-corrected chi connectivity index (χ3v) is 5.46. The Hall–Kier alpha value is -3.61. The Kier molecular flexibility index (Phi) is 7.76. The van der Waals surface area contributed by atoms with Gasteiger partial charge in [0.2, 0.25) is 0 Å². The topological polar surface area (TPSA) is 72.5 Å². The molecule has 0 amide bonds. The average Bonchev–Trinajstić information content (AvgIpc) is 2.94. The number of fused-ring (bicyclic) bond motifs is 2. The SMILES string of the molecule is COc1cc2c(c(OC)c1CC=C(C)C)C(=O)Oc1c(cc(OC)c(OC)c1CC=C(C)C)O2. The molecule has 2 aromatic carbocycles. The standard InChI is InChI=1S/C27H32O7/c1-15(2)9-11-17-19(29-5)13-20-23(26(17)32-8)27(28)34-25-18(12-10-16(3)4)24(31-7)21(30-6)14-22(25)33-20/h9-10,13-14H,11-12H2,1-8H3. The molecule has 0 aromatic heterocycles. The summed E-state index contributed by atoms with van der Waals surface area (Å²) < 4.78 is 34.7. The minimum Gasteiger partial charge on any atom is -0.496 e. The van der Waals surface area contributed by atoms with E-state index in [1.807, 2.05) is 39.8 Å². The predicted octanol–water partition coefficient (Wildman–Crippen LogP) is 6.06. The second kappa shape index (κ2) is 10.5. The molecule has 0 atom stereocenters. The lowest BCUT2D eigenvalue weighted by Crippen LogP contribution is -2.12. The Morgan fingerprint density at radius 3 is 1.82 bits per heavy atom. The molecular weight excluding hydrogens is 436 g/mol. The summed E-state index contributed by atoms with van der Waals surface area (Å²) in [6.45, 7) is 8.00. The normalized spacial score (nSPS) is 11.7. The van der Waals surface area contributed by atoms with E-state index in [0.29, 0.717) is 47.2 Å². The largest absolute Gasteiger partial charge is 0.496 e. The molecule has 0 spiro atoms. The zero-order chi connectivity index (χ0) is 25.0. The molecule has 0 bridgehead atoms. The van der Waals surface area contributed by atoms with Crippen LogP contribution in [-0.4, -0.2) is 34.4 Å². The second-order valence-electron chi connectivity index (χ2n) is 8.34. The van der Waals surface area contributed by atoms with E-state index in [0.717, 1.165) is 16.7 Å². The maximum atomic E-state index is 13.5. The number of hydrogen-bond donors (Lipinski definition) is 0. The first-order chi connectivity index (χ1) is 16.2. The lowest BCUT2D eigenvalue weighted by Gasteiger charge is -2.18. The molecule has 182 valence electrons. The van der Waals surface area contributed by atoms with Gasteiger partial charge in [-0.15, -0.1) is 0 Å². The van der Waals surface area contributed by atoms with Crippen molar-refractivity contribution in [3.05, 3.63) is 52.1 Å². The highest BCUT2D eigenvalue weighted by atomic mass is 16.6. The summed E-state index contributed by atoms with van der Waals surface area (Å²) >= 11 is 0. The number of methoxy groups -OCH3 is 4. The van der Waals surface area contributed by atoms with E-state index in [9.17, 15) is 4.79 Å². The van der Waals surface area contributed by atoms with E-state index in [4.69, 9.17) is 28.4 Å². The highest BCUT2D eigenvalue weighted by Crippen LogP contribution is 2.51. The highest BCUT2D eigenvalue weighted by Gasteiger charge is 2.33. The third kappa shape index (κ3) is 4.83. The molecule has 0 unspecified atom stereocenters. The number of ether oxygens (including phenoxy) is 6. The quantitative estimate of drug-likeness (QED) is 0.265. The van der Waals surface area contributed by atoms with Crippen molar-refractivity contribution in [3.63, 3.8) is 0 Å². The zero-order valence-corrected chi connectivity index (χ0v) is 21.1. The number of carbonyl (C=O) groups excluding carboxylic acids is 1. The van der Waals surface area contributed by atoms with Crippen molar-refractivity contribution in [2.75, 3.05) is 28.4 Å². The first-order valence-corrected chi connectivity index (χ1v) is 11.0. The summed E-state index contributed by atoms with van der Waals surface area (Å²) in [5.41, 5.74) is 3.82. The summed E-state index contributed by atoms with van der Waals surface area (Å²) in [5.74, 6) is 2.17. The molecule has 0 N–H and O–H groups in total. The molecule has 1 aliphatic rings. The van der Waals surface area contributed by atoms with E-state index in [-0.39, 0.29) is 17.1 Å². The van der Waals surface area contributed by atoms with E-state index < -0.39 is 5.97 Å². The van der Waals surface area contributed by atoms with Gasteiger partial charge in [-0.2, -0.15) is 0 Å². The van der Waals surface area contributed by atoms with Crippen molar-refractivity contribution in [2.45, 2.75) is 40.5 Å². The maximum Gasteiger partial charge on any atom is 0.351 e. The van der Waals surface area contributed by atoms with Gasteiger partial charge in [0.25, 0.3) is 0 Å². The molecule has 0 saturated carbocycles. The average molecular weight is 469 g/mol. The van der Waals surface area contributed by atoms with Gasteiger partial charge in [0.15, 0.2) is 23.0 Å². The summed E-state index contributed by atoms with van der Waals surface area (Å²) in [5, 5.41) is 0. The van der Waals surface area contributed by atoms with Crippen molar-refractivity contribution in [1.82, 2.24) is 0 Å². The van der Waals surface area contributed by atoms with Gasteiger partial charge in [-0.1, -0.05) is 23.3 Å². The van der Waals surface area contributed by atoms with Crippen LogP contribution in [0.5, 0.6) is 40.2 Å². The van der Waals surface area contributed by atoms with Crippen molar-refractivity contribution in [2.24, 2.45) is 0 Å². The Bertz CT molecular complexity index is 1150. The van der Waals surface area contributed by atoms with Crippen LogP contribution in [0.4, 0.5) is 0 Å². The van der Waals surface area contributed by atoms with Gasteiger partial charge in [-0.3, -0.25) is 0 Å². The summed E-state index contributed by atoms with van der Waals surface area (Å²) in [6, 6.07) is 3.34. The van der Waals surface area contributed by atoms with Crippen LogP contribution in [0.15, 0.2) is 35.4 Å². The van der Waals surface area contributed by atoms with Gasteiger partial charge in [-0.25, -0.2) is 4.79 Å². The molecule has 7 nitrogen and oxygen atoms in total. The highest BCUT2D eigenvalue weighted by molar-refractivity contribution is 5.99. The molecule has 2 aromatic rings. The van der Waals surface area contributed by atoms with Gasteiger partial charge < -0.3 is 28.4 Å². The first kappa shape index (κ1) is 25.0. The van der Waals surface area contributed by atoms with Crippen molar-refractivity contribution in [1.29, 1.82) is 0 Å². The fourth-order valence-electron chi connectivity index (χ4n) is 3.80. The van der Waals surface area contributed by atoms with Gasteiger partial charge in [0.05, 0.1) is 28.4 Å². The van der Waals surface area contributed by atoms with Crippen molar-refractivity contribution < 1.29 is 33.2 Å². The van der Waals surface area contributed by atoms with E-state index in [1.54, 1.807) is 33.5 Å². The molecule has 1 aliphatic heterocycles. The summed E-state index contributed by atoms with van der Waals surface area (Å²) in [7, 11) is 6.18. The number of esters is 1. The van der Waals surface area contributed by atoms with Crippen LogP contribution in [0.3, 0.4) is 0 Å². The number of benzene rings is 2. The van der Waals surface area contributed by atoms with Gasteiger partial charge >= 0.3 is 5.97 Å². The molecule has 3 rings (SSSR count). The van der Waals surface area contributed by atoms with Gasteiger partial charge in [0, 0.05) is 23.3 Å². The Morgan fingerprint density at radius 2 is 1.29 bits per heavy atom. The van der Waals surface area contributed by atoms with Crippen LogP contribution in [-0.2, 0) is 12.8 Å². The fraction of sp³-hybridized carbons (Fsp3) is 0.370. The van der Waals surface area contributed by atoms with E-state index >= 15 is 0 Å². The third-order valence-electron chi connectivity index (χ3n) is 5.46. The lowest BCUT2D eigenvalue weighted by molar-refractivity contribution is 0.0732.